The zero-order valence-electron chi connectivity index (χ0n) is 11.0. The summed E-state index contributed by atoms with van der Waals surface area (Å²) in [7, 11) is 0. The van der Waals surface area contributed by atoms with Gasteiger partial charge < -0.3 is 10.5 Å². The van der Waals surface area contributed by atoms with E-state index >= 15 is 0 Å². The minimum absolute atomic E-state index is 0.212. The molecule has 1 aromatic rings. The molecule has 4 heteroatoms. The van der Waals surface area contributed by atoms with Gasteiger partial charge in [-0.05, 0) is 26.3 Å². The molecule has 18 heavy (non-hydrogen) atoms. The van der Waals surface area contributed by atoms with E-state index in [2.05, 4.69) is 0 Å². The Hall–Kier alpha value is -1.68. The number of benzene rings is 1. The molecule has 0 bridgehead atoms. The van der Waals surface area contributed by atoms with Crippen molar-refractivity contribution in [1.82, 2.24) is 0 Å². The SMILES string of the molecule is CC(C)(C)C(=O)OCC(=O)c1ccc(CN)cc1. The summed E-state index contributed by atoms with van der Waals surface area (Å²) in [4.78, 5) is 23.3. The van der Waals surface area contributed by atoms with Crippen LogP contribution in [0.3, 0.4) is 0 Å². The van der Waals surface area contributed by atoms with Crippen molar-refractivity contribution in [3.63, 3.8) is 0 Å². The Morgan fingerprint density at radius 1 is 1.17 bits per heavy atom. The monoisotopic (exact) mass is 249 g/mol. The minimum atomic E-state index is -0.594. The molecule has 0 aliphatic rings. The van der Waals surface area contributed by atoms with Gasteiger partial charge in [0.15, 0.2) is 12.4 Å². The Bertz CT molecular complexity index is 429. The normalized spacial score (nSPS) is 11.1. The molecule has 4 nitrogen and oxygen atoms in total. The van der Waals surface area contributed by atoms with Crippen LogP contribution in [0.25, 0.3) is 0 Å². The number of rotatable bonds is 4. The van der Waals surface area contributed by atoms with E-state index in [1.165, 1.54) is 0 Å². The molecule has 0 amide bonds. The minimum Gasteiger partial charge on any atom is -0.457 e. The number of hydrogen-bond acceptors (Lipinski definition) is 4. The molecule has 0 aliphatic heterocycles. The molecular formula is C14H19NO3. The molecule has 0 atom stereocenters. The first-order valence-electron chi connectivity index (χ1n) is 5.84. The van der Waals surface area contributed by atoms with Crippen LogP contribution in [-0.4, -0.2) is 18.4 Å². The summed E-state index contributed by atoms with van der Waals surface area (Å²) in [5.41, 5.74) is 6.35. The van der Waals surface area contributed by atoms with Gasteiger partial charge in [0.25, 0.3) is 0 Å². The third kappa shape index (κ3) is 3.96. The molecule has 98 valence electrons. The molecule has 0 fully saturated rings. The Kier molecular flexibility index (Phi) is 4.62. The van der Waals surface area contributed by atoms with Gasteiger partial charge in [0.1, 0.15) is 0 Å². The molecule has 0 aliphatic carbocycles. The smallest absolute Gasteiger partial charge is 0.311 e. The molecule has 0 aromatic heterocycles. The van der Waals surface area contributed by atoms with Gasteiger partial charge >= 0.3 is 5.97 Å². The first-order valence-corrected chi connectivity index (χ1v) is 5.84. The molecule has 1 aromatic carbocycles. The largest absolute Gasteiger partial charge is 0.457 e. The van der Waals surface area contributed by atoms with Crippen LogP contribution in [0.5, 0.6) is 0 Å². The lowest BCUT2D eigenvalue weighted by atomic mass is 9.97. The molecule has 2 N–H and O–H groups in total. The van der Waals surface area contributed by atoms with E-state index < -0.39 is 5.41 Å². The zero-order chi connectivity index (χ0) is 13.8. The predicted molar refractivity (Wildman–Crippen MR) is 69.1 cm³/mol. The van der Waals surface area contributed by atoms with E-state index in [4.69, 9.17) is 10.5 Å². The second-order valence-electron chi connectivity index (χ2n) is 5.15. The maximum atomic E-state index is 11.8. The highest BCUT2D eigenvalue weighted by atomic mass is 16.5. The summed E-state index contributed by atoms with van der Waals surface area (Å²) in [6, 6.07) is 6.96. The number of carbonyl (C=O) groups excluding carboxylic acids is 2. The molecular weight excluding hydrogens is 230 g/mol. The number of ketones is 1. The molecule has 0 radical (unpaired) electrons. The van der Waals surface area contributed by atoms with E-state index in [0.717, 1.165) is 5.56 Å². The molecule has 1 rings (SSSR count). The summed E-state index contributed by atoms with van der Waals surface area (Å²) in [6.45, 7) is 5.45. The van der Waals surface area contributed by atoms with Gasteiger partial charge in [0.2, 0.25) is 0 Å². The third-order valence-corrected chi connectivity index (χ3v) is 2.46. The van der Waals surface area contributed by atoms with Crippen molar-refractivity contribution in [2.24, 2.45) is 11.1 Å². The third-order valence-electron chi connectivity index (χ3n) is 2.46. The summed E-state index contributed by atoms with van der Waals surface area (Å²) in [5.74, 6) is -0.592. The molecule has 0 spiro atoms. The lowest BCUT2D eigenvalue weighted by molar-refractivity contribution is -0.151. The molecule has 0 heterocycles. The lowest BCUT2D eigenvalue weighted by Gasteiger charge is -2.16. The van der Waals surface area contributed by atoms with Crippen LogP contribution in [0.2, 0.25) is 0 Å². The van der Waals surface area contributed by atoms with Crippen molar-refractivity contribution < 1.29 is 14.3 Å². The second kappa shape index (κ2) is 5.78. The van der Waals surface area contributed by atoms with Crippen LogP contribution in [0, 0.1) is 5.41 Å². The summed E-state index contributed by atoms with van der Waals surface area (Å²) in [5, 5.41) is 0. The quantitative estimate of drug-likeness (QED) is 0.653. The standard InChI is InChI=1S/C14H19NO3/c1-14(2,3)13(17)18-9-12(16)11-6-4-10(8-15)5-7-11/h4-7H,8-9,15H2,1-3H3. The van der Waals surface area contributed by atoms with Gasteiger partial charge in [0.05, 0.1) is 5.41 Å². The highest BCUT2D eigenvalue weighted by Crippen LogP contribution is 2.15. The number of nitrogens with two attached hydrogens (primary N) is 1. The van der Waals surface area contributed by atoms with Gasteiger partial charge in [-0.1, -0.05) is 24.3 Å². The summed E-state index contributed by atoms with van der Waals surface area (Å²) in [6.07, 6.45) is 0. The Morgan fingerprint density at radius 3 is 2.17 bits per heavy atom. The topological polar surface area (TPSA) is 69.4 Å². The van der Waals surface area contributed by atoms with Crippen LogP contribution in [-0.2, 0) is 16.1 Å². The van der Waals surface area contributed by atoms with Crippen LogP contribution in [0.1, 0.15) is 36.7 Å². The van der Waals surface area contributed by atoms with Crippen molar-refractivity contribution in [2.45, 2.75) is 27.3 Å². The highest BCUT2D eigenvalue weighted by Gasteiger charge is 2.23. The van der Waals surface area contributed by atoms with E-state index in [0.29, 0.717) is 12.1 Å². The van der Waals surface area contributed by atoms with Crippen LogP contribution in [0.4, 0.5) is 0 Å². The van der Waals surface area contributed by atoms with Crippen molar-refractivity contribution in [2.75, 3.05) is 6.61 Å². The number of Topliss-reactive ketones (excluding diaryl/α,β-unsaturated/α-hetero) is 1. The zero-order valence-corrected chi connectivity index (χ0v) is 11.0. The van der Waals surface area contributed by atoms with E-state index in [1.807, 2.05) is 0 Å². The van der Waals surface area contributed by atoms with Crippen molar-refractivity contribution in [1.29, 1.82) is 0 Å². The summed E-state index contributed by atoms with van der Waals surface area (Å²) >= 11 is 0. The number of hydrogen-bond donors (Lipinski definition) is 1. The predicted octanol–water partition coefficient (Wildman–Crippen LogP) is 1.92. The average Bonchev–Trinajstić information content (AvgIpc) is 2.34. The van der Waals surface area contributed by atoms with Crippen LogP contribution < -0.4 is 5.73 Å². The number of carbonyl (C=O) groups is 2. The highest BCUT2D eigenvalue weighted by molar-refractivity contribution is 5.98. The van der Waals surface area contributed by atoms with Crippen molar-refractivity contribution in [3.05, 3.63) is 35.4 Å². The fourth-order valence-corrected chi connectivity index (χ4v) is 1.26. The Morgan fingerprint density at radius 2 is 1.72 bits per heavy atom. The van der Waals surface area contributed by atoms with Gasteiger partial charge in [-0.15, -0.1) is 0 Å². The number of esters is 1. The number of ether oxygens (including phenoxy) is 1. The maximum Gasteiger partial charge on any atom is 0.311 e. The second-order valence-corrected chi connectivity index (χ2v) is 5.15. The molecule has 0 saturated carbocycles. The van der Waals surface area contributed by atoms with Crippen LogP contribution in [0.15, 0.2) is 24.3 Å². The molecule has 0 unspecified atom stereocenters. The lowest BCUT2D eigenvalue weighted by Crippen LogP contribution is -2.25. The summed E-state index contributed by atoms with van der Waals surface area (Å²) < 4.78 is 4.97. The maximum absolute atomic E-state index is 11.8. The Balaban J connectivity index is 2.58. The van der Waals surface area contributed by atoms with Gasteiger partial charge in [-0.2, -0.15) is 0 Å². The van der Waals surface area contributed by atoms with Gasteiger partial charge in [-0.3, -0.25) is 9.59 Å². The Labute approximate surface area is 107 Å². The van der Waals surface area contributed by atoms with Crippen LogP contribution >= 0.6 is 0 Å². The first-order chi connectivity index (χ1) is 8.34. The first kappa shape index (κ1) is 14.4. The van der Waals surface area contributed by atoms with Gasteiger partial charge in [-0.25, -0.2) is 0 Å². The van der Waals surface area contributed by atoms with Crippen molar-refractivity contribution in [3.8, 4) is 0 Å². The van der Waals surface area contributed by atoms with Gasteiger partial charge in [0, 0.05) is 12.1 Å². The van der Waals surface area contributed by atoms with Crippen molar-refractivity contribution >= 4 is 11.8 Å². The fourth-order valence-electron chi connectivity index (χ4n) is 1.26. The van der Waals surface area contributed by atoms with E-state index in [1.54, 1.807) is 45.0 Å². The molecule has 0 saturated heterocycles. The van der Waals surface area contributed by atoms with E-state index in [9.17, 15) is 9.59 Å². The fraction of sp³-hybridized carbons (Fsp3) is 0.429. The van der Waals surface area contributed by atoms with E-state index in [-0.39, 0.29) is 18.4 Å². The average molecular weight is 249 g/mol.